The lowest BCUT2D eigenvalue weighted by atomic mass is 10.2. The van der Waals surface area contributed by atoms with Crippen LogP contribution in [0.3, 0.4) is 0 Å². The Bertz CT molecular complexity index is 551. The molecule has 0 unspecified atom stereocenters. The Morgan fingerprint density at radius 1 is 1.15 bits per heavy atom. The first-order valence-corrected chi connectivity index (χ1v) is 7.63. The van der Waals surface area contributed by atoms with E-state index in [1.807, 2.05) is 24.4 Å². The van der Waals surface area contributed by atoms with Crippen LogP contribution in [-0.4, -0.2) is 24.2 Å². The number of ether oxygens (including phenoxy) is 1. The number of pyridine rings is 1. The number of hydrogen-bond donors (Lipinski definition) is 1. The summed E-state index contributed by atoms with van der Waals surface area (Å²) >= 11 is 0. The molecule has 0 amide bonds. The van der Waals surface area contributed by atoms with Crippen molar-refractivity contribution in [3.63, 3.8) is 0 Å². The molecule has 3 nitrogen and oxygen atoms in total. The second-order valence-corrected chi connectivity index (χ2v) is 5.50. The minimum Gasteiger partial charge on any atom is -0.494 e. The highest BCUT2D eigenvalue weighted by molar-refractivity contribution is 5.79. The van der Waals surface area contributed by atoms with Crippen molar-refractivity contribution >= 4 is 10.9 Å². The van der Waals surface area contributed by atoms with E-state index >= 15 is 0 Å². The molecule has 1 aromatic carbocycles. The van der Waals surface area contributed by atoms with E-state index in [9.17, 15) is 0 Å². The largest absolute Gasteiger partial charge is 0.494 e. The van der Waals surface area contributed by atoms with Gasteiger partial charge in [0.05, 0.1) is 12.1 Å². The SMILES string of the molecule is c1cnc2cc(OCCCCCNC3CC3)ccc2c1. The van der Waals surface area contributed by atoms with Crippen molar-refractivity contribution < 1.29 is 4.74 Å². The third-order valence-electron chi connectivity index (χ3n) is 3.68. The van der Waals surface area contributed by atoms with Crippen molar-refractivity contribution in [1.82, 2.24) is 10.3 Å². The highest BCUT2D eigenvalue weighted by Crippen LogP contribution is 2.19. The van der Waals surface area contributed by atoms with E-state index in [2.05, 4.69) is 22.4 Å². The van der Waals surface area contributed by atoms with Crippen LogP contribution < -0.4 is 10.1 Å². The Balaban J connectivity index is 1.36. The molecule has 1 heterocycles. The van der Waals surface area contributed by atoms with Crippen molar-refractivity contribution in [3.8, 4) is 5.75 Å². The molecule has 1 aliphatic rings. The predicted octanol–water partition coefficient (Wildman–Crippen LogP) is 3.54. The maximum Gasteiger partial charge on any atom is 0.121 e. The maximum atomic E-state index is 5.79. The number of rotatable bonds is 8. The summed E-state index contributed by atoms with van der Waals surface area (Å²) in [6.45, 7) is 1.95. The van der Waals surface area contributed by atoms with Gasteiger partial charge in [-0.2, -0.15) is 0 Å². The lowest BCUT2D eigenvalue weighted by Crippen LogP contribution is -2.17. The molecule has 1 aliphatic carbocycles. The van der Waals surface area contributed by atoms with Crippen LogP contribution in [0, 0.1) is 0 Å². The Labute approximate surface area is 120 Å². The highest BCUT2D eigenvalue weighted by atomic mass is 16.5. The zero-order valence-electron chi connectivity index (χ0n) is 11.8. The van der Waals surface area contributed by atoms with Crippen molar-refractivity contribution in [2.75, 3.05) is 13.2 Å². The summed E-state index contributed by atoms with van der Waals surface area (Å²) in [6.07, 6.45) is 8.16. The van der Waals surface area contributed by atoms with Crippen LogP contribution in [0.25, 0.3) is 10.9 Å². The second kappa shape index (κ2) is 6.71. The Morgan fingerprint density at radius 3 is 3.00 bits per heavy atom. The van der Waals surface area contributed by atoms with Gasteiger partial charge in [-0.25, -0.2) is 0 Å². The van der Waals surface area contributed by atoms with Crippen LogP contribution in [0.4, 0.5) is 0 Å². The van der Waals surface area contributed by atoms with Gasteiger partial charge in [-0.3, -0.25) is 4.98 Å². The average Bonchev–Trinajstić information content (AvgIpc) is 3.30. The number of nitrogens with zero attached hydrogens (tertiary/aromatic N) is 1. The van der Waals surface area contributed by atoms with Gasteiger partial charge in [0.25, 0.3) is 0 Å². The van der Waals surface area contributed by atoms with E-state index in [1.54, 1.807) is 0 Å². The molecule has 0 bridgehead atoms. The summed E-state index contributed by atoms with van der Waals surface area (Å²) in [5, 5.41) is 4.69. The quantitative estimate of drug-likeness (QED) is 0.745. The van der Waals surface area contributed by atoms with E-state index < -0.39 is 0 Å². The lowest BCUT2D eigenvalue weighted by Gasteiger charge is -2.07. The van der Waals surface area contributed by atoms with Crippen molar-refractivity contribution in [3.05, 3.63) is 36.5 Å². The van der Waals surface area contributed by atoms with Crippen LogP contribution in [0.1, 0.15) is 32.1 Å². The molecule has 106 valence electrons. The first kappa shape index (κ1) is 13.4. The number of nitrogens with one attached hydrogen (secondary N) is 1. The van der Waals surface area contributed by atoms with E-state index in [1.165, 1.54) is 25.7 Å². The first-order chi connectivity index (χ1) is 9.92. The average molecular weight is 270 g/mol. The summed E-state index contributed by atoms with van der Waals surface area (Å²) < 4.78 is 5.79. The van der Waals surface area contributed by atoms with E-state index in [0.29, 0.717) is 0 Å². The molecule has 2 aromatic rings. The summed E-state index contributed by atoms with van der Waals surface area (Å²) in [4.78, 5) is 4.34. The summed E-state index contributed by atoms with van der Waals surface area (Å²) in [7, 11) is 0. The third kappa shape index (κ3) is 3.94. The highest BCUT2D eigenvalue weighted by Gasteiger charge is 2.19. The van der Waals surface area contributed by atoms with Crippen molar-refractivity contribution in [2.24, 2.45) is 0 Å². The summed E-state index contributed by atoms with van der Waals surface area (Å²) in [6, 6.07) is 11.0. The Kier molecular flexibility index (Phi) is 4.49. The van der Waals surface area contributed by atoms with Gasteiger partial charge in [0, 0.05) is 23.7 Å². The molecule has 0 aliphatic heterocycles. The maximum absolute atomic E-state index is 5.79. The molecule has 1 saturated carbocycles. The Hall–Kier alpha value is -1.61. The molecule has 0 radical (unpaired) electrons. The molecule has 3 heteroatoms. The molecule has 0 spiro atoms. The molecule has 0 saturated heterocycles. The number of benzene rings is 1. The number of fused-ring (bicyclic) bond motifs is 1. The number of unbranched alkanes of at least 4 members (excludes halogenated alkanes) is 2. The van der Waals surface area contributed by atoms with Crippen molar-refractivity contribution in [2.45, 2.75) is 38.1 Å². The molecular weight excluding hydrogens is 248 g/mol. The van der Waals surface area contributed by atoms with Crippen LogP contribution in [0.2, 0.25) is 0 Å². The van der Waals surface area contributed by atoms with E-state index in [4.69, 9.17) is 4.74 Å². The fraction of sp³-hybridized carbons (Fsp3) is 0.471. The van der Waals surface area contributed by atoms with Gasteiger partial charge in [0.1, 0.15) is 5.75 Å². The summed E-state index contributed by atoms with van der Waals surface area (Å²) in [5.74, 6) is 0.923. The van der Waals surface area contributed by atoms with Gasteiger partial charge in [-0.1, -0.05) is 6.07 Å². The topological polar surface area (TPSA) is 34.1 Å². The lowest BCUT2D eigenvalue weighted by molar-refractivity contribution is 0.305. The van der Waals surface area contributed by atoms with E-state index in [-0.39, 0.29) is 0 Å². The summed E-state index contributed by atoms with van der Waals surface area (Å²) in [5.41, 5.74) is 0.999. The molecule has 3 rings (SSSR count). The molecule has 1 aromatic heterocycles. The molecular formula is C17H22N2O. The van der Waals surface area contributed by atoms with Crippen LogP contribution >= 0.6 is 0 Å². The van der Waals surface area contributed by atoms with Gasteiger partial charge in [-0.15, -0.1) is 0 Å². The number of hydrogen-bond acceptors (Lipinski definition) is 3. The van der Waals surface area contributed by atoms with Gasteiger partial charge in [0.15, 0.2) is 0 Å². The van der Waals surface area contributed by atoms with Crippen molar-refractivity contribution in [1.29, 1.82) is 0 Å². The van der Waals surface area contributed by atoms with Crippen LogP contribution in [0.15, 0.2) is 36.5 Å². The van der Waals surface area contributed by atoms with Crippen LogP contribution in [0.5, 0.6) is 5.75 Å². The minimum absolute atomic E-state index is 0.793. The van der Waals surface area contributed by atoms with Crippen LogP contribution in [-0.2, 0) is 0 Å². The van der Waals surface area contributed by atoms with Gasteiger partial charge in [0.2, 0.25) is 0 Å². The second-order valence-electron chi connectivity index (χ2n) is 5.50. The molecule has 0 atom stereocenters. The Morgan fingerprint density at radius 2 is 2.10 bits per heavy atom. The third-order valence-corrected chi connectivity index (χ3v) is 3.68. The molecule has 1 N–H and O–H groups in total. The minimum atomic E-state index is 0.793. The predicted molar refractivity (Wildman–Crippen MR) is 82.1 cm³/mol. The van der Waals surface area contributed by atoms with Gasteiger partial charge in [-0.05, 0) is 56.8 Å². The normalized spacial score (nSPS) is 14.6. The zero-order chi connectivity index (χ0) is 13.6. The molecule has 20 heavy (non-hydrogen) atoms. The van der Waals surface area contributed by atoms with Gasteiger partial charge >= 0.3 is 0 Å². The fourth-order valence-corrected chi connectivity index (χ4v) is 2.32. The smallest absolute Gasteiger partial charge is 0.121 e. The first-order valence-electron chi connectivity index (χ1n) is 7.63. The zero-order valence-corrected chi connectivity index (χ0v) is 11.8. The number of aromatic nitrogens is 1. The van der Waals surface area contributed by atoms with Gasteiger partial charge < -0.3 is 10.1 Å². The fourth-order valence-electron chi connectivity index (χ4n) is 2.32. The standard InChI is InChI=1S/C17H22N2O/c1(2-10-18-15-7-8-15)3-12-20-16-9-6-14-5-4-11-19-17(14)13-16/h4-6,9,11,13,15,18H,1-3,7-8,10,12H2. The van der Waals surface area contributed by atoms with E-state index in [0.717, 1.165) is 42.3 Å². The molecule has 1 fully saturated rings. The monoisotopic (exact) mass is 270 g/mol.